The first kappa shape index (κ1) is 38.9. The van der Waals surface area contributed by atoms with Gasteiger partial charge < -0.3 is 21.3 Å². The summed E-state index contributed by atoms with van der Waals surface area (Å²) in [6, 6.07) is 31.4. The molecule has 1 heterocycles. The molecule has 0 aromatic heterocycles. The molecule has 8 bridgehead atoms. The van der Waals surface area contributed by atoms with Gasteiger partial charge in [-0.05, 0) is 80.9 Å². The highest BCUT2D eigenvalue weighted by molar-refractivity contribution is 6.03. The van der Waals surface area contributed by atoms with Gasteiger partial charge >= 0.3 is 0 Å². The Morgan fingerprint density at radius 2 is 0.750 bits per heavy atom. The molecule has 56 heavy (non-hydrogen) atoms. The molecule has 4 amide bonds. The van der Waals surface area contributed by atoms with Gasteiger partial charge in [-0.1, -0.05) is 84.9 Å². The summed E-state index contributed by atoms with van der Waals surface area (Å²) in [4.78, 5) is 58.8. The fourth-order valence-corrected chi connectivity index (χ4v) is 5.52. The Morgan fingerprint density at radius 3 is 1.07 bits per heavy atom. The molecule has 5 rings (SSSR count). The molecule has 0 saturated heterocycles. The Labute approximate surface area is 323 Å². The second-order valence-electron chi connectivity index (χ2n) is 12.3. The van der Waals surface area contributed by atoms with E-state index in [4.69, 9.17) is 13.1 Å². The predicted molar refractivity (Wildman–Crippen MR) is 209 cm³/mol. The number of nitriles is 2. The molecule has 272 valence electrons. The van der Waals surface area contributed by atoms with Gasteiger partial charge in [0.05, 0.1) is 13.1 Å². The molecule has 0 aliphatic carbocycles. The molecule has 0 spiro atoms. The van der Waals surface area contributed by atoms with Crippen molar-refractivity contribution in [2.45, 2.75) is 26.2 Å². The van der Waals surface area contributed by atoms with Crippen LogP contribution in [0.1, 0.15) is 44.5 Å². The van der Waals surface area contributed by atoms with Gasteiger partial charge in [-0.3, -0.25) is 19.2 Å². The summed E-state index contributed by atoms with van der Waals surface area (Å²) in [6.45, 7) is 15.6. The predicted octanol–water partition coefficient (Wildman–Crippen LogP) is 5.60. The van der Waals surface area contributed by atoms with Crippen LogP contribution in [-0.4, -0.2) is 23.6 Å². The molecular formula is C44H32N8O4. The summed E-state index contributed by atoms with van der Waals surface area (Å²) in [5.74, 6) is -2.44. The Hall–Kier alpha value is -8.32. The zero-order valence-corrected chi connectivity index (χ0v) is 29.8. The fourth-order valence-electron chi connectivity index (χ4n) is 5.52. The van der Waals surface area contributed by atoms with Crippen LogP contribution in [0.5, 0.6) is 0 Å². The van der Waals surface area contributed by atoms with Crippen LogP contribution in [0, 0.1) is 35.8 Å². The van der Waals surface area contributed by atoms with Crippen molar-refractivity contribution < 1.29 is 19.2 Å². The van der Waals surface area contributed by atoms with Gasteiger partial charge in [0.1, 0.15) is 23.3 Å². The number of hydrogen-bond acceptors (Lipinski definition) is 6. The summed E-state index contributed by atoms with van der Waals surface area (Å²) in [6.07, 6.45) is 5.63. The molecule has 4 aromatic carbocycles. The van der Waals surface area contributed by atoms with Crippen LogP contribution in [0.15, 0.2) is 120 Å². The normalized spacial score (nSPS) is 14.5. The minimum absolute atomic E-state index is 0.0867. The van der Waals surface area contributed by atoms with E-state index in [1.165, 1.54) is 24.3 Å². The number of nitrogens with zero attached hydrogens (tertiary/aromatic N) is 4. The molecule has 0 fully saturated rings. The lowest BCUT2D eigenvalue weighted by Crippen LogP contribution is -2.25. The third kappa shape index (κ3) is 10.8. The van der Waals surface area contributed by atoms with E-state index in [0.717, 1.165) is 0 Å². The molecule has 0 saturated carbocycles. The monoisotopic (exact) mass is 736 g/mol. The van der Waals surface area contributed by atoms with E-state index < -0.39 is 23.6 Å². The smallest absolute Gasteiger partial charge is 0.262 e. The second-order valence-corrected chi connectivity index (χ2v) is 12.3. The first-order valence-electron chi connectivity index (χ1n) is 17.1. The van der Waals surface area contributed by atoms with Crippen molar-refractivity contribution in [1.29, 1.82) is 10.5 Å². The zero-order valence-electron chi connectivity index (χ0n) is 29.8. The number of amides is 4. The Balaban J connectivity index is 1.45. The number of benzene rings is 4. The molecule has 12 nitrogen and oxygen atoms in total. The van der Waals surface area contributed by atoms with Crippen molar-refractivity contribution in [3.63, 3.8) is 0 Å². The van der Waals surface area contributed by atoms with Crippen molar-refractivity contribution in [3.8, 4) is 12.1 Å². The maximum atomic E-state index is 13.0. The van der Waals surface area contributed by atoms with Gasteiger partial charge in [-0.25, -0.2) is 9.69 Å². The van der Waals surface area contributed by atoms with E-state index in [-0.39, 0.29) is 48.7 Å². The van der Waals surface area contributed by atoms with Crippen molar-refractivity contribution in [3.05, 3.63) is 187 Å². The Morgan fingerprint density at radius 1 is 0.446 bits per heavy atom. The first-order chi connectivity index (χ1) is 27.2. The van der Waals surface area contributed by atoms with Crippen molar-refractivity contribution >= 4 is 47.9 Å². The van der Waals surface area contributed by atoms with Crippen molar-refractivity contribution in [1.82, 2.24) is 21.3 Å². The van der Waals surface area contributed by atoms with Crippen LogP contribution >= 0.6 is 0 Å². The van der Waals surface area contributed by atoms with E-state index in [2.05, 4.69) is 31.0 Å². The third-order valence-electron chi connectivity index (χ3n) is 8.28. The molecule has 0 unspecified atom stereocenters. The summed E-state index contributed by atoms with van der Waals surface area (Å²) in [7, 11) is 0. The van der Waals surface area contributed by atoms with E-state index in [0.29, 0.717) is 44.5 Å². The van der Waals surface area contributed by atoms with Gasteiger partial charge in [-0.15, -0.1) is 0 Å². The molecule has 4 N–H and O–H groups in total. The molecule has 0 atom stereocenters. The lowest BCUT2D eigenvalue weighted by atomic mass is 10.1. The molecule has 1 aliphatic rings. The number of hydrogen-bond donors (Lipinski definition) is 4. The lowest BCUT2D eigenvalue weighted by Gasteiger charge is -2.09. The van der Waals surface area contributed by atoms with Crippen LogP contribution in [0.25, 0.3) is 34.0 Å². The summed E-state index contributed by atoms with van der Waals surface area (Å²) < 4.78 is 0. The van der Waals surface area contributed by atoms with E-state index in [1.54, 1.807) is 97.1 Å². The number of rotatable bonds is 0. The standard InChI is InChI=1S/C44H32N8O4/c1-47-39-21-31-9-3-7-29(15-31)19-37(23-45)41(53)50-26-34-12-6-14-36(18-34)28-52-44(56)40(48-2)22-32-10-4-8-30(16-32)20-38(24-46)42(54)49-25-33-11-5-13-35(17-33)27-51-43(39)55/h3-22H,25-28H2,(H,49,54)(H,50,53)(H,51,55)(H,52,56). The van der Waals surface area contributed by atoms with Gasteiger partial charge in [0.2, 0.25) is 0 Å². The molecule has 4 aromatic rings. The number of fused-ring (bicyclic) bond motifs is 8. The minimum atomic E-state index is -0.610. The summed E-state index contributed by atoms with van der Waals surface area (Å²) in [5.41, 5.74) is 4.16. The molecule has 1 aliphatic heterocycles. The van der Waals surface area contributed by atoms with Gasteiger partial charge in [-0.2, -0.15) is 10.5 Å². The van der Waals surface area contributed by atoms with Crippen LogP contribution < -0.4 is 21.3 Å². The van der Waals surface area contributed by atoms with Crippen molar-refractivity contribution in [2.24, 2.45) is 0 Å². The highest BCUT2D eigenvalue weighted by atomic mass is 16.2. The highest BCUT2D eigenvalue weighted by Gasteiger charge is 2.14. The van der Waals surface area contributed by atoms with E-state index >= 15 is 0 Å². The minimum Gasteiger partial charge on any atom is -0.357 e. The van der Waals surface area contributed by atoms with Gasteiger partial charge in [0, 0.05) is 26.2 Å². The molecule has 0 radical (unpaired) electrons. The van der Waals surface area contributed by atoms with Gasteiger partial charge in [0.15, 0.2) is 0 Å². The maximum absolute atomic E-state index is 13.0. The number of nitrogens with one attached hydrogen (secondary N) is 4. The average molecular weight is 737 g/mol. The Kier molecular flexibility index (Phi) is 13.2. The molecular weight excluding hydrogens is 705 g/mol. The van der Waals surface area contributed by atoms with Crippen LogP contribution in [0.2, 0.25) is 0 Å². The number of carbonyl (C=O) groups is 4. The van der Waals surface area contributed by atoms with E-state index in [1.807, 2.05) is 12.1 Å². The SMILES string of the molecule is [C-]#[N+]C1=Cc2cccc(c2)C=C(C#N)C(=O)NCc2cccc(c2)CNC(=O)C([N+]#[C-])=Cc2cccc(c2)C=C(C#N)C(=O)NCc2cccc(c2)CNC1=O. The van der Waals surface area contributed by atoms with Crippen LogP contribution in [0.3, 0.4) is 0 Å². The summed E-state index contributed by atoms with van der Waals surface area (Å²) >= 11 is 0. The maximum Gasteiger partial charge on any atom is 0.262 e. The highest BCUT2D eigenvalue weighted by Crippen LogP contribution is 2.17. The Bertz CT molecular complexity index is 2190. The average Bonchev–Trinajstić information content (AvgIpc) is 3.22. The third-order valence-corrected chi connectivity index (χ3v) is 8.28. The second kappa shape index (κ2) is 19.0. The molecule has 12 heteroatoms. The topological polar surface area (TPSA) is 173 Å². The van der Waals surface area contributed by atoms with Gasteiger partial charge in [0.25, 0.3) is 35.0 Å². The van der Waals surface area contributed by atoms with Crippen LogP contribution in [0.4, 0.5) is 0 Å². The quantitative estimate of drug-likeness (QED) is 0.171. The van der Waals surface area contributed by atoms with E-state index in [9.17, 15) is 29.7 Å². The van der Waals surface area contributed by atoms with Crippen LogP contribution in [-0.2, 0) is 45.4 Å². The first-order valence-corrected chi connectivity index (χ1v) is 17.1. The zero-order chi connectivity index (χ0) is 39.9. The lowest BCUT2D eigenvalue weighted by molar-refractivity contribution is -0.118. The fraction of sp³-hybridized carbons (Fsp3) is 0.0909. The van der Waals surface area contributed by atoms with Crippen molar-refractivity contribution in [2.75, 3.05) is 0 Å². The summed E-state index contributed by atoms with van der Waals surface area (Å²) in [5, 5.41) is 30.5. The largest absolute Gasteiger partial charge is 0.357 e. The number of carbonyl (C=O) groups excluding carboxylic acids is 4.